The van der Waals surface area contributed by atoms with Crippen molar-refractivity contribution < 1.29 is 0 Å². The summed E-state index contributed by atoms with van der Waals surface area (Å²) in [5.41, 5.74) is 6.59. The van der Waals surface area contributed by atoms with Gasteiger partial charge in [-0.2, -0.15) is 0 Å². The molecular weight excluding hydrogens is 1000 g/mol. The average Bonchev–Trinajstić information content (AvgIpc) is 3.33. The van der Waals surface area contributed by atoms with Gasteiger partial charge in [-0.15, -0.1) is 0 Å². The fraction of sp³-hybridized carbons (Fsp3) is 0. The first-order valence-corrected chi connectivity index (χ1v) is 25.0. The van der Waals surface area contributed by atoms with Gasteiger partial charge in [0.1, 0.15) is 0 Å². The number of halogens is 8. The van der Waals surface area contributed by atoms with Crippen molar-refractivity contribution in [1.82, 2.24) is 0 Å². The van der Waals surface area contributed by atoms with E-state index >= 15 is 0 Å². The Kier molecular flexibility index (Phi) is 8.37. The van der Waals surface area contributed by atoms with Crippen LogP contribution in [0.4, 0.5) is 0 Å². The Balaban J connectivity index is 1.41. The molecule has 15 aromatic rings. The molecule has 0 bridgehead atoms. The van der Waals surface area contributed by atoms with Crippen LogP contribution in [0, 0.1) is 0 Å². The minimum atomic E-state index is 0.534. The van der Waals surface area contributed by atoms with Gasteiger partial charge in [0, 0.05) is 95.5 Å². The molecule has 0 saturated heterocycles. The minimum Gasteiger partial charge on any atom is -0.0836 e. The zero-order valence-corrected chi connectivity index (χ0v) is 40.9. The van der Waals surface area contributed by atoms with Gasteiger partial charge in [-0.3, -0.25) is 0 Å². The normalized spacial score (nSPS) is 12.7. The van der Waals surface area contributed by atoms with Gasteiger partial charge in [-0.05, 0) is 145 Å². The summed E-state index contributed by atoms with van der Waals surface area (Å²) >= 11 is 59.5. The molecule has 0 radical (unpaired) electrons. The SMILES string of the molecule is Clc1cccc(Cl)c1-c1c2cccc3c4cccc5c(-c6c(Cl)cccc6Cl)c6c(-c7c(Cl)cccc7Cl)c7cccc8c9cccc%10c(-c%11c(Cl)cccc%11Cl)c1c1c(c23)c(c54)c6c(c78)c1c%109. The van der Waals surface area contributed by atoms with Gasteiger partial charge in [0.15, 0.2) is 0 Å². The standard InChI is InChI=1S/C60H24Cl8/c61-33-17-5-18-34(62)49(33)45-29-13-1-9-25-26-10-2-14-30-42(26)54-53(41(25)29)59-55-43-27(11-3-15-31(43)46(57(45)59)50-35(63)19-6-20-36(50)64)28-12-4-16-32-44(28)56(55)60(54)58(47(30)51-37(65)21-7-22-38(51)66)48(32)52-39(67)23-8-24-40(52)68/h1-24H. The lowest BCUT2D eigenvalue weighted by atomic mass is 9.71. The fourth-order valence-electron chi connectivity index (χ4n) is 12.5. The van der Waals surface area contributed by atoms with E-state index in [-0.39, 0.29) is 0 Å². The summed E-state index contributed by atoms with van der Waals surface area (Å²) in [5.74, 6) is 0. The highest BCUT2D eigenvalue weighted by Crippen LogP contribution is 2.65. The van der Waals surface area contributed by atoms with E-state index in [1.165, 1.54) is 0 Å². The number of fused-ring (bicyclic) bond motifs is 2. The van der Waals surface area contributed by atoms with Crippen LogP contribution in [0.2, 0.25) is 40.2 Å². The van der Waals surface area contributed by atoms with Crippen LogP contribution in [0.3, 0.4) is 0 Å². The summed E-state index contributed by atoms with van der Waals surface area (Å²) in [4.78, 5) is 0. The predicted octanol–water partition coefficient (Wildman–Crippen LogP) is 22.3. The fourth-order valence-corrected chi connectivity index (χ4v) is 14.9. The summed E-state index contributed by atoms with van der Waals surface area (Å²) in [6, 6.07) is 49.2. The molecule has 68 heavy (non-hydrogen) atoms. The molecule has 8 heteroatoms. The highest BCUT2D eigenvalue weighted by atomic mass is 35.5. The van der Waals surface area contributed by atoms with Gasteiger partial charge in [-0.1, -0.05) is 190 Å². The molecule has 0 nitrogen and oxygen atoms in total. The molecule has 320 valence electrons. The van der Waals surface area contributed by atoms with E-state index in [1.54, 1.807) is 0 Å². The second-order valence-corrected chi connectivity index (χ2v) is 21.1. The summed E-state index contributed by atoms with van der Waals surface area (Å²) < 4.78 is 0. The monoisotopic (exact) mass is 1020 g/mol. The molecule has 0 fully saturated rings. The van der Waals surface area contributed by atoms with Gasteiger partial charge in [0.25, 0.3) is 0 Å². The average molecular weight is 1030 g/mol. The second kappa shape index (κ2) is 14.1. The van der Waals surface area contributed by atoms with Crippen LogP contribution in [0.15, 0.2) is 146 Å². The highest BCUT2D eigenvalue weighted by Gasteiger charge is 2.36. The molecule has 0 aliphatic carbocycles. The van der Waals surface area contributed by atoms with Crippen LogP contribution in [0.1, 0.15) is 0 Å². The van der Waals surface area contributed by atoms with Crippen molar-refractivity contribution in [3.63, 3.8) is 0 Å². The third kappa shape index (κ3) is 4.84. The van der Waals surface area contributed by atoms with Crippen LogP contribution in [-0.4, -0.2) is 0 Å². The van der Waals surface area contributed by atoms with Gasteiger partial charge < -0.3 is 0 Å². The van der Waals surface area contributed by atoms with Crippen LogP contribution in [0.5, 0.6) is 0 Å². The summed E-state index contributed by atoms with van der Waals surface area (Å²) in [6.07, 6.45) is 0. The lowest BCUT2D eigenvalue weighted by Gasteiger charge is -2.32. The lowest BCUT2D eigenvalue weighted by molar-refractivity contribution is 1.66. The number of hydrogen-bond acceptors (Lipinski definition) is 0. The van der Waals surface area contributed by atoms with Gasteiger partial charge in [-0.25, -0.2) is 0 Å². The molecule has 0 aromatic heterocycles. The Labute approximate surface area is 427 Å². The Bertz CT molecular complexity index is 4040. The molecule has 15 rings (SSSR count). The van der Waals surface area contributed by atoms with Crippen LogP contribution < -0.4 is 0 Å². The van der Waals surface area contributed by atoms with Crippen LogP contribution in [-0.2, 0) is 0 Å². The smallest absolute Gasteiger partial charge is 0.0499 e. The Morgan fingerprint density at radius 1 is 0.147 bits per heavy atom. The van der Waals surface area contributed by atoms with Gasteiger partial charge in [0.05, 0.1) is 0 Å². The topological polar surface area (TPSA) is 0 Å². The zero-order valence-electron chi connectivity index (χ0n) is 34.9. The first-order valence-electron chi connectivity index (χ1n) is 22.0. The molecule has 0 spiro atoms. The quantitative estimate of drug-likeness (QED) is 0.122. The van der Waals surface area contributed by atoms with E-state index in [0.29, 0.717) is 40.2 Å². The predicted molar refractivity (Wildman–Crippen MR) is 299 cm³/mol. The Hall–Kier alpha value is -5.48. The van der Waals surface area contributed by atoms with Crippen molar-refractivity contribution in [1.29, 1.82) is 0 Å². The Morgan fingerprint density at radius 3 is 0.515 bits per heavy atom. The number of benzene rings is 15. The number of rotatable bonds is 4. The van der Waals surface area contributed by atoms with Crippen LogP contribution in [0.25, 0.3) is 152 Å². The first kappa shape index (κ1) is 40.4. The molecule has 0 aliphatic heterocycles. The molecule has 0 amide bonds. The van der Waals surface area contributed by atoms with Crippen molar-refractivity contribution >= 4 is 201 Å². The molecule has 0 N–H and O–H groups in total. The van der Waals surface area contributed by atoms with Crippen molar-refractivity contribution in [3.05, 3.63) is 186 Å². The van der Waals surface area contributed by atoms with E-state index in [0.717, 1.165) is 152 Å². The summed E-state index contributed by atoms with van der Waals surface area (Å²) in [7, 11) is 0. The third-order valence-corrected chi connectivity index (χ3v) is 17.3. The van der Waals surface area contributed by atoms with Crippen LogP contribution >= 0.6 is 92.8 Å². The third-order valence-electron chi connectivity index (χ3n) is 14.8. The minimum absolute atomic E-state index is 0.534. The summed E-state index contributed by atoms with van der Waals surface area (Å²) in [6.45, 7) is 0. The summed E-state index contributed by atoms with van der Waals surface area (Å²) in [5, 5.41) is 25.5. The maximum absolute atomic E-state index is 7.44. The van der Waals surface area contributed by atoms with E-state index in [9.17, 15) is 0 Å². The molecule has 0 saturated carbocycles. The zero-order chi connectivity index (χ0) is 45.8. The van der Waals surface area contributed by atoms with E-state index in [2.05, 4.69) is 72.8 Å². The molecule has 0 aliphatic rings. The van der Waals surface area contributed by atoms with Gasteiger partial charge in [0.2, 0.25) is 0 Å². The maximum Gasteiger partial charge on any atom is 0.0499 e. The maximum atomic E-state index is 7.44. The van der Waals surface area contributed by atoms with Crippen molar-refractivity contribution in [2.24, 2.45) is 0 Å². The molecule has 0 unspecified atom stereocenters. The van der Waals surface area contributed by atoms with Crippen molar-refractivity contribution in [2.75, 3.05) is 0 Å². The van der Waals surface area contributed by atoms with E-state index < -0.39 is 0 Å². The number of hydrogen-bond donors (Lipinski definition) is 0. The van der Waals surface area contributed by atoms with Crippen molar-refractivity contribution in [2.45, 2.75) is 0 Å². The second-order valence-electron chi connectivity index (χ2n) is 17.8. The van der Waals surface area contributed by atoms with Gasteiger partial charge >= 0.3 is 0 Å². The lowest BCUT2D eigenvalue weighted by Crippen LogP contribution is -2.03. The largest absolute Gasteiger partial charge is 0.0836 e. The van der Waals surface area contributed by atoms with E-state index in [4.69, 9.17) is 92.8 Å². The first-order chi connectivity index (χ1) is 33.2. The highest BCUT2D eigenvalue weighted by molar-refractivity contribution is 6.61. The molecule has 0 atom stereocenters. The Morgan fingerprint density at radius 2 is 0.309 bits per heavy atom. The van der Waals surface area contributed by atoms with Crippen molar-refractivity contribution in [3.8, 4) is 44.5 Å². The molecule has 15 aromatic carbocycles. The molecule has 0 heterocycles. The molecular formula is C60H24Cl8. The van der Waals surface area contributed by atoms with E-state index in [1.807, 2.05) is 72.8 Å².